The molecule has 0 aliphatic carbocycles. The summed E-state index contributed by atoms with van der Waals surface area (Å²) in [4.78, 5) is 9.60. The molecule has 1 aromatic carbocycles. The second-order valence-electron chi connectivity index (χ2n) is 4.58. The smallest absolute Gasteiger partial charge is 0.355 e. The Balaban J connectivity index is 2.21. The van der Waals surface area contributed by atoms with E-state index in [2.05, 4.69) is 9.97 Å². The molecule has 1 aromatic heterocycles. The highest BCUT2D eigenvalue weighted by atomic mass is 19.4. The fraction of sp³-hybridized carbons (Fsp3) is 0.385. The third-order valence-corrected chi connectivity index (χ3v) is 3.23. The van der Waals surface area contributed by atoms with Crippen LogP contribution in [0.4, 0.5) is 19.0 Å². The minimum atomic E-state index is -4.48. The molecular formula is C13H12F3N3. The van der Waals surface area contributed by atoms with Gasteiger partial charge >= 0.3 is 6.18 Å². The van der Waals surface area contributed by atoms with Crippen molar-refractivity contribution in [2.45, 2.75) is 19.0 Å². The first-order chi connectivity index (χ1) is 9.05. The standard InChI is InChI=1S/C13H12F3N3/c14-13(15,16)11-12(19-7-3-4-8-19)18-10-6-2-1-5-9(10)17-11/h1-2,5-6H,3-4,7-8H2. The monoisotopic (exact) mass is 267 g/mol. The van der Waals surface area contributed by atoms with Gasteiger partial charge in [-0.25, -0.2) is 9.97 Å². The maximum atomic E-state index is 13.1. The fourth-order valence-corrected chi connectivity index (χ4v) is 2.33. The molecule has 2 aromatic rings. The van der Waals surface area contributed by atoms with E-state index in [1.807, 2.05) is 0 Å². The molecule has 0 unspecified atom stereocenters. The largest absolute Gasteiger partial charge is 0.437 e. The number of nitrogens with zero attached hydrogens (tertiary/aromatic N) is 3. The topological polar surface area (TPSA) is 29.0 Å². The predicted octanol–water partition coefficient (Wildman–Crippen LogP) is 3.25. The molecule has 0 bridgehead atoms. The van der Waals surface area contributed by atoms with Gasteiger partial charge in [0.15, 0.2) is 11.5 Å². The first-order valence-electron chi connectivity index (χ1n) is 6.14. The minimum Gasteiger partial charge on any atom is -0.355 e. The van der Waals surface area contributed by atoms with Gasteiger partial charge in [0.1, 0.15) is 0 Å². The van der Waals surface area contributed by atoms with Gasteiger partial charge in [0.25, 0.3) is 0 Å². The first-order valence-corrected chi connectivity index (χ1v) is 6.14. The molecule has 0 amide bonds. The molecule has 1 aliphatic rings. The van der Waals surface area contributed by atoms with E-state index in [0.717, 1.165) is 12.8 Å². The van der Waals surface area contributed by atoms with E-state index in [9.17, 15) is 13.2 Å². The first kappa shape index (κ1) is 12.2. The summed E-state index contributed by atoms with van der Waals surface area (Å²) in [5.41, 5.74) is -0.108. The zero-order valence-electron chi connectivity index (χ0n) is 10.1. The second-order valence-corrected chi connectivity index (χ2v) is 4.58. The van der Waals surface area contributed by atoms with Gasteiger partial charge in [-0.3, -0.25) is 0 Å². The molecule has 3 rings (SSSR count). The van der Waals surface area contributed by atoms with Crippen LogP contribution >= 0.6 is 0 Å². The Morgan fingerprint density at radius 2 is 1.53 bits per heavy atom. The number of anilines is 1. The molecule has 0 N–H and O–H groups in total. The molecular weight excluding hydrogens is 255 g/mol. The van der Waals surface area contributed by atoms with Gasteiger partial charge in [-0.05, 0) is 25.0 Å². The van der Waals surface area contributed by atoms with Gasteiger partial charge < -0.3 is 4.90 Å². The maximum absolute atomic E-state index is 13.1. The number of para-hydroxylation sites is 2. The fourth-order valence-electron chi connectivity index (χ4n) is 2.33. The van der Waals surface area contributed by atoms with Crippen LogP contribution in [0.25, 0.3) is 11.0 Å². The highest BCUT2D eigenvalue weighted by Crippen LogP contribution is 2.36. The van der Waals surface area contributed by atoms with Gasteiger partial charge in [0.2, 0.25) is 0 Å². The van der Waals surface area contributed by atoms with Gasteiger partial charge in [-0.1, -0.05) is 12.1 Å². The van der Waals surface area contributed by atoms with Crippen LogP contribution in [-0.2, 0) is 6.18 Å². The molecule has 0 spiro atoms. The molecule has 1 fully saturated rings. The molecule has 1 saturated heterocycles. The highest BCUT2D eigenvalue weighted by Gasteiger charge is 2.38. The van der Waals surface area contributed by atoms with Crippen molar-refractivity contribution < 1.29 is 13.2 Å². The van der Waals surface area contributed by atoms with Crippen molar-refractivity contribution in [3.63, 3.8) is 0 Å². The van der Waals surface area contributed by atoms with E-state index < -0.39 is 11.9 Å². The molecule has 2 heterocycles. The lowest BCUT2D eigenvalue weighted by molar-refractivity contribution is -0.140. The van der Waals surface area contributed by atoms with Crippen LogP contribution in [0.1, 0.15) is 18.5 Å². The normalized spacial score (nSPS) is 16.3. The van der Waals surface area contributed by atoms with Gasteiger partial charge in [-0.15, -0.1) is 0 Å². The Labute approximate surface area is 108 Å². The zero-order chi connectivity index (χ0) is 13.5. The lowest BCUT2D eigenvalue weighted by Crippen LogP contribution is -2.24. The number of alkyl halides is 3. The molecule has 3 nitrogen and oxygen atoms in total. The summed E-state index contributed by atoms with van der Waals surface area (Å²) >= 11 is 0. The second kappa shape index (κ2) is 4.36. The summed E-state index contributed by atoms with van der Waals surface area (Å²) in [5, 5.41) is 0. The molecule has 19 heavy (non-hydrogen) atoms. The number of hydrogen-bond donors (Lipinski definition) is 0. The van der Waals surface area contributed by atoms with E-state index in [1.165, 1.54) is 0 Å². The van der Waals surface area contributed by atoms with Gasteiger partial charge in [-0.2, -0.15) is 13.2 Å². The molecule has 6 heteroatoms. The molecule has 0 saturated carbocycles. The number of fused-ring (bicyclic) bond motifs is 1. The van der Waals surface area contributed by atoms with E-state index >= 15 is 0 Å². The predicted molar refractivity (Wildman–Crippen MR) is 66.0 cm³/mol. The average molecular weight is 267 g/mol. The summed E-state index contributed by atoms with van der Waals surface area (Å²) < 4.78 is 39.3. The van der Waals surface area contributed by atoms with Crippen LogP contribution in [0.3, 0.4) is 0 Å². The molecule has 0 atom stereocenters. The summed E-state index contributed by atoms with van der Waals surface area (Å²) in [5.74, 6) is -0.0382. The van der Waals surface area contributed by atoms with E-state index in [-0.39, 0.29) is 11.3 Å². The Morgan fingerprint density at radius 1 is 0.947 bits per heavy atom. The Bertz CT molecular complexity index is 604. The van der Waals surface area contributed by atoms with E-state index in [1.54, 1.807) is 29.2 Å². The van der Waals surface area contributed by atoms with Crippen LogP contribution < -0.4 is 4.90 Å². The highest BCUT2D eigenvalue weighted by molar-refractivity contribution is 5.76. The van der Waals surface area contributed by atoms with Gasteiger partial charge in [0, 0.05) is 13.1 Å². The third kappa shape index (κ3) is 2.22. The molecule has 100 valence electrons. The Morgan fingerprint density at radius 3 is 2.11 bits per heavy atom. The summed E-state index contributed by atoms with van der Waals surface area (Å²) in [7, 11) is 0. The number of halogens is 3. The van der Waals surface area contributed by atoms with E-state index in [4.69, 9.17) is 0 Å². The van der Waals surface area contributed by atoms with Crippen molar-refractivity contribution in [2.75, 3.05) is 18.0 Å². The van der Waals surface area contributed by atoms with Crippen molar-refractivity contribution in [3.8, 4) is 0 Å². The Kier molecular flexibility index (Phi) is 2.80. The van der Waals surface area contributed by atoms with Crippen LogP contribution in [0.5, 0.6) is 0 Å². The number of hydrogen-bond acceptors (Lipinski definition) is 3. The lowest BCUT2D eigenvalue weighted by atomic mass is 10.2. The third-order valence-electron chi connectivity index (χ3n) is 3.23. The van der Waals surface area contributed by atoms with E-state index in [0.29, 0.717) is 18.6 Å². The number of benzene rings is 1. The van der Waals surface area contributed by atoms with Crippen LogP contribution in [0.15, 0.2) is 24.3 Å². The molecule has 1 aliphatic heterocycles. The summed E-state index contributed by atoms with van der Waals surface area (Å²) in [6.07, 6.45) is -2.69. The average Bonchev–Trinajstić information content (AvgIpc) is 2.90. The van der Waals surface area contributed by atoms with Crippen molar-refractivity contribution in [1.82, 2.24) is 9.97 Å². The minimum absolute atomic E-state index is 0.0382. The maximum Gasteiger partial charge on any atom is 0.437 e. The van der Waals surface area contributed by atoms with Gasteiger partial charge in [0.05, 0.1) is 11.0 Å². The SMILES string of the molecule is FC(F)(F)c1nc2ccccc2nc1N1CCCC1. The summed E-state index contributed by atoms with van der Waals surface area (Å²) in [6, 6.07) is 6.64. The van der Waals surface area contributed by atoms with Crippen LogP contribution in [0.2, 0.25) is 0 Å². The van der Waals surface area contributed by atoms with Crippen molar-refractivity contribution in [1.29, 1.82) is 0 Å². The quantitative estimate of drug-likeness (QED) is 0.794. The lowest BCUT2D eigenvalue weighted by Gasteiger charge is -2.20. The van der Waals surface area contributed by atoms with Crippen molar-refractivity contribution >= 4 is 16.9 Å². The Hall–Kier alpha value is -1.85. The number of aromatic nitrogens is 2. The van der Waals surface area contributed by atoms with Crippen molar-refractivity contribution in [3.05, 3.63) is 30.0 Å². The van der Waals surface area contributed by atoms with Crippen LogP contribution in [-0.4, -0.2) is 23.1 Å². The number of rotatable bonds is 1. The molecule has 0 radical (unpaired) electrons. The summed E-state index contributed by atoms with van der Waals surface area (Å²) in [6.45, 7) is 1.21. The van der Waals surface area contributed by atoms with Crippen molar-refractivity contribution in [2.24, 2.45) is 0 Å². The van der Waals surface area contributed by atoms with Crippen LogP contribution in [0, 0.1) is 0 Å². The zero-order valence-corrected chi connectivity index (χ0v) is 10.1.